The van der Waals surface area contributed by atoms with Gasteiger partial charge in [0.05, 0.1) is 11.6 Å². The molecule has 2 rings (SSSR count). The lowest BCUT2D eigenvalue weighted by molar-refractivity contribution is 0.155. The Morgan fingerprint density at radius 3 is 2.72 bits per heavy atom. The van der Waals surface area contributed by atoms with Crippen molar-refractivity contribution in [3.05, 3.63) is 47.3 Å². The van der Waals surface area contributed by atoms with Crippen molar-refractivity contribution < 1.29 is 14.0 Å². The summed E-state index contributed by atoms with van der Waals surface area (Å²) in [5.41, 5.74) is 1.30. The maximum atomic E-state index is 8.66. The summed E-state index contributed by atoms with van der Waals surface area (Å²) >= 11 is 0. The number of rotatable bonds is 5. The van der Waals surface area contributed by atoms with Crippen LogP contribution in [0.2, 0.25) is 0 Å². The van der Waals surface area contributed by atoms with Crippen molar-refractivity contribution in [1.29, 1.82) is 5.26 Å². The lowest BCUT2D eigenvalue weighted by Crippen LogP contribution is -1.95. The van der Waals surface area contributed by atoms with Gasteiger partial charge in [0.1, 0.15) is 24.7 Å². The molecule has 0 unspecified atom stereocenters. The highest BCUT2D eigenvalue weighted by Crippen LogP contribution is 2.14. The molecule has 1 aromatic heterocycles. The summed E-state index contributed by atoms with van der Waals surface area (Å²) in [6, 6.07) is 10.7. The van der Waals surface area contributed by atoms with Crippen LogP contribution < -0.4 is 4.74 Å². The van der Waals surface area contributed by atoms with E-state index in [1.165, 1.54) is 0 Å². The number of nitrogens with zero attached hydrogens (tertiary/aromatic N) is 2. The van der Waals surface area contributed by atoms with E-state index in [4.69, 9.17) is 19.3 Å². The Morgan fingerprint density at radius 1 is 1.28 bits per heavy atom. The van der Waals surface area contributed by atoms with Crippen molar-refractivity contribution in [3.8, 4) is 11.8 Å². The van der Waals surface area contributed by atoms with E-state index in [0.717, 1.165) is 0 Å². The maximum absolute atomic E-state index is 8.66. The standard InChI is InChI=1S/C13H12N2O3/c1-16-9-13-6-11(15-18-13)8-17-12-4-2-10(7-14)3-5-12/h2-6H,8-9H2,1H3. The molecule has 0 aliphatic rings. The Kier molecular flexibility index (Phi) is 3.94. The third-order valence-corrected chi connectivity index (χ3v) is 2.26. The SMILES string of the molecule is COCc1cc(COc2ccc(C#N)cc2)no1. The lowest BCUT2D eigenvalue weighted by atomic mass is 10.2. The van der Waals surface area contributed by atoms with Gasteiger partial charge < -0.3 is 14.0 Å². The Labute approximate surface area is 105 Å². The number of hydrogen-bond acceptors (Lipinski definition) is 5. The van der Waals surface area contributed by atoms with Gasteiger partial charge in [0.15, 0.2) is 5.76 Å². The van der Waals surface area contributed by atoms with Gasteiger partial charge in [-0.25, -0.2) is 0 Å². The molecule has 0 amide bonds. The minimum absolute atomic E-state index is 0.319. The number of methoxy groups -OCH3 is 1. The summed E-state index contributed by atoms with van der Waals surface area (Å²) in [6.07, 6.45) is 0. The molecule has 0 spiro atoms. The van der Waals surface area contributed by atoms with Crippen LogP contribution in [0.1, 0.15) is 17.0 Å². The topological polar surface area (TPSA) is 68.3 Å². The van der Waals surface area contributed by atoms with Crippen molar-refractivity contribution in [3.63, 3.8) is 0 Å². The fourth-order valence-electron chi connectivity index (χ4n) is 1.42. The number of benzene rings is 1. The first-order valence-electron chi connectivity index (χ1n) is 5.38. The van der Waals surface area contributed by atoms with E-state index in [1.54, 1.807) is 37.4 Å². The number of aromatic nitrogens is 1. The number of ether oxygens (including phenoxy) is 2. The highest BCUT2D eigenvalue weighted by Gasteiger charge is 2.04. The maximum Gasteiger partial charge on any atom is 0.162 e. The van der Waals surface area contributed by atoms with Gasteiger partial charge in [-0.05, 0) is 24.3 Å². The molecule has 1 aromatic carbocycles. The van der Waals surface area contributed by atoms with Crippen molar-refractivity contribution in [2.24, 2.45) is 0 Å². The summed E-state index contributed by atoms with van der Waals surface area (Å²) in [5.74, 6) is 1.35. The Morgan fingerprint density at radius 2 is 2.06 bits per heavy atom. The summed E-state index contributed by atoms with van der Waals surface area (Å²) < 4.78 is 15.5. The van der Waals surface area contributed by atoms with Crippen LogP contribution in [0.5, 0.6) is 5.75 Å². The second kappa shape index (κ2) is 5.84. The zero-order valence-corrected chi connectivity index (χ0v) is 9.92. The van der Waals surface area contributed by atoms with Gasteiger partial charge in [-0.3, -0.25) is 0 Å². The molecule has 0 saturated heterocycles. The third-order valence-electron chi connectivity index (χ3n) is 2.26. The zero-order chi connectivity index (χ0) is 12.8. The van der Waals surface area contributed by atoms with Crippen LogP contribution in [0.15, 0.2) is 34.9 Å². The highest BCUT2D eigenvalue weighted by atomic mass is 16.5. The van der Waals surface area contributed by atoms with Gasteiger partial charge in [0.25, 0.3) is 0 Å². The second-order valence-corrected chi connectivity index (χ2v) is 3.64. The van der Waals surface area contributed by atoms with Crippen LogP contribution in [0.3, 0.4) is 0 Å². The normalized spacial score (nSPS) is 10.0. The minimum atomic E-state index is 0.319. The van der Waals surface area contributed by atoms with Crippen molar-refractivity contribution in [1.82, 2.24) is 5.16 Å². The van der Waals surface area contributed by atoms with Gasteiger partial charge >= 0.3 is 0 Å². The molecular formula is C13H12N2O3. The predicted octanol–water partition coefficient (Wildman–Crippen LogP) is 2.27. The lowest BCUT2D eigenvalue weighted by Gasteiger charge is -2.02. The van der Waals surface area contributed by atoms with Crippen LogP contribution in [-0.4, -0.2) is 12.3 Å². The smallest absolute Gasteiger partial charge is 0.162 e. The molecule has 0 saturated carbocycles. The minimum Gasteiger partial charge on any atom is -0.487 e. The van der Waals surface area contributed by atoms with Gasteiger partial charge in [0, 0.05) is 13.2 Å². The molecule has 0 fully saturated rings. The largest absolute Gasteiger partial charge is 0.487 e. The van der Waals surface area contributed by atoms with Crippen molar-refractivity contribution >= 4 is 0 Å². The molecule has 0 radical (unpaired) electrons. The van der Waals surface area contributed by atoms with E-state index >= 15 is 0 Å². The van der Waals surface area contributed by atoms with E-state index in [-0.39, 0.29) is 0 Å². The fraction of sp³-hybridized carbons (Fsp3) is 0.231. The molecule has 0 atom stereocenters. The van der Waals surface area contributed by atoms with E-state index in [1.807, 2.05) is 6.07 Å². The summed E-state index contributed by atoms with van der Waals surface area (Å²) in [4.78, 5) is 0. The van der Waals surface area contributed by atoms with Crippen molar-refractivity contribution in [2.45, 2.75) is 13.2 Å². The summed E-state index contributed by atoms with van der Waals surface area (Å²) in [7, 11) is 1.59. The Hall–Kier alpha value is -2.32. The Balaban J connectivity index is 1.91. The van der Waals surface area contributed by atoms with Crippen LogP contribution in [0, 0.1) is 11.3 Å². The van der Waals surface area contributed by atoms with Gasteiger partial charge in [0.2, 0.25) is 0 Å². The predicted molar refractivity (Wildman–Crippen MR) is 62.7 cm³/mol. The molecule has 5 nitrogen and oxygen atoms in total. The molecule has 18 heavy (non-hydrogen) atoms. The van der Waals surface area contributed by atoms with E-state index < -0.39 is 0 Å². The number of nitriles is 1. The third kappa shape index (κ3) is 3.09. The van der Waals surface area contributed by atoms with E-state index in [9.17, 15) is 0 Å². The monoisotopic (exact) mass is 244 g/mol. The molecule has 0 bridgehead atoms. The average molecular weight is 244 g/mol. The quantitative estimate of drug-likeness (QED) is 0.807. The van der Waals surface area contributed by atoms with E-state index in [2.05, 4.69) is 5.16 Å². The summed E-state index contributed by atoms with van der Waals surface area (Å²) in [6.45, 7) is 0.711. The molecule has 2 aromatic rings. The van der Waals surface area contributed by atoms with Gasteiger partial charge in [-0.2, -0.15) is 5.26 Å². The zero-order valence-electron chi connectivity index (χ0n) is 9.92. The molecule has 1 heterocycles. The number of hydrogen-bond donors (Lipinski definition) is 0. The summed E-state index contributed by atoms with van der Waals surface area (Å²) in [5, 5.41) is 12.5. The Bertz CT molecular complexity index is 540. The van der Waals surface area contributed by atoms with Crippen LogP contribution in [-0.2, 0) is 18.0 Å². The first-order valence-corrected chi connectivity index (χ1v) is 5.38. The van der Waals surface area contributed by atoms with Gasteiger partial charge in [-0.15, -0.1) is 0 Å². The molecule has 0 aliphatic carbocycles. The molecular weight excluding hydrogens is 232 g/mol. The highest BCUT2D eigenvalue weighted by molar-refractivity contribution is 5.34. The van der Waals surface area contributed by atoms with Crippen molar-refractivity contribution in [2.75, 3.05) is 7.11 Å². The average Bonchev–Trinajstić information content (AvgIpc) is 2.85. The molecule has 5 heteroatoms. The van der Waals surface area contributed by atoms with Crippen LogP contribution in [0.25, 0.3) is 0 Å². The van der Waals surface area contributed by atoms with Crippen LogP contribution >= 0.6 is 0 Å². The first-order chi connectivity index (χ1) is 8.81. The van der Waals surface area contributed by atoms with E-state index in [0.29, 0.717) is 36.0 Å². The first kappa shape index (κ1) is 12.1. The second-order valence-electron chi connectivity index (χ2n) is 3.64. The van der Waals surface area contributed by atoms with Gasteiger partial charge in [-0.1, -0.05) is 5.16 Å². The molecule has 0 aliphatic heterocycles. The van der Waals surface area contributed by atoms with Crippen LogP contribution in [0.4, 0.5) is 0 Å². The molecule has 92 valence electrons. The molecule has 0 N–H and O–H groups in total. The fourth-order valence-corrected chi connectivity index (χ4v) is 1.42.